The molecule has 0 aliphatic carbocycles. The van der Waals surface area contributed by atoms with Gasteiger partial charge in [-0.15, -0.1) is 0 Å². The molecule has 4 N–H and O–H groups in total. The van der Waals surface area contributed by atoms with E-state index in [1.165, 1.54) is 0 Å². The fourth-order valence-electron chi connectivity index (χ4n) is 1.12. The number of hydrogen-bond acceptors (Lipinski definition) is 7. The average molecular weight is 317 g/mol. The van der Waals surface area contributed by atoms with Crippen LogP contribution < -0.4 is 0 Å². The molecule has 8 heteroatoms. The molecule has 0 aromatic heterocycles. The molecule has 0 aromatic rings. The summed E-state index contributed by atoms with van der Waals surface area (Å²) in [5.41, 5.74) is 0. The Kier molecular flexibility index (Phi) is 4.12. The van der Waals surface area contributed by atoms with Gasteiger partial charge in [0.25, 0.3) is 0 Å². The van der Waals surface area contributed by atoms with Crippen molar-refractivity contribution >= 4 is 29.4 Å². The van der Waals surface area contributed by atoms with Crippen LogP contribution in [0.4, 0.5) is 0 Å². The maximum absolute atomic E-state index is 11.0. The van der Waals surface area contributed by atoms with Crippen molar-refractivity contribution in [3.8, 4) is 0 Å². The molecule has 0 saturated carbocycles. The Morgan fingerprint density at radius 2 is 1.71 bits per heavy atom. The molecule has 1 heterocycles. The maximum atomic E-state index is 11.0. The van der Waals surface area contributed by atoms with Crippen molar-refractivity contribution in [1.82, 2.24) is 0 Å². The Balaban J connectivity index is 2.75. The second kappa shape index (κ2) is 4.74. The van der Waals surface area contributed by atoms with E-state index in [2.05, 4.69) is 7.75 Å². The first-order valence-electron chi connectivity index (χ1n) is 3.77. The molecular formula is C6H11O7Sb. The average Bonchev–Trinajstić information content (AvgIpc) is 2.19. The van der Waals surface area contributed by atoms with Crippen LogP contribution in [-0.2, 0) is 12.5 Å². The SMILES string of the molecule is O=C([O][SbH2])[C@H]1O[C@@H](O)[C@H](O)[C@@H](O)[C@@H]1O. The van der Waals surface area contributed by atoms with Crippen molar-refractivity contribution in [2.75, 3.05) is 0 Å². The van der Waals surface area contributed by atoms with E-state index in [9.17, 15) is 15.0 Å². The standard InChI is InChI=1S/C6H10O7.Sb.2H/c7-1-2(8)4(5(10)11)13-6(12)3(1)9;;;/h1-4,6-9,12H,(H,10,11);;;/q;+1;;/p-1/t1-,2-,3+,4-,6+;;;/m0.../s1. The van der Waals surface area contributed by atoms with Gasteiger partial charge in [-0.3, -0.25) is 0 Å². The number of carbonyl (C=O) groups excluding carboxylic acids is 1. The van der Waals surface area contributed by atoms with Gasteiger partial charge < -0.3 is 0 Å². The molecule has 0 amide bonds. The van der Waals surface area contributed by atoms with Crippen LogP contribution in [0.3, 0.4) is 0 Å². The minimum atomic E-state index is -1.71. The van der Waals surface area contributed by atoms with Crippen LogP contribution in [0.1, 0.15) is 0 Å². The first-order valence-corrected chi connectivity index (χ1v) is 5.12. The van der Waals surface area contributed by atoms with Gasteiger partial charge >= 0.3 is 93.1 Å². The van der Waals surface area contributed by atoms with Gasteiger partial charge in [0, 0.05) is 0 Å². The summed E-state index contributed by atoms with van der Waals surface area (Å²) in [7, 11) is 0. The molecule has 82 valence electrons. The number of ether oxygens (including phenoxy) is 1. The summed E-state index contributed by atoms with van der Waals surface area (Å²) in [6.45, 7) is 0. The molecule has 5 atom stereocenters. The van der Waals surface area contributed by atoms with E-state index in [0.29, 0.717) is 0 Å². The van der Waals surface area contributed by atoms with Crippen LogP contribution in [0.25, 0.3) is 0 Å². The van der Waals surface area contributed by atoms with E-state index < -0.39 is 36.7 Å². The molecule has 0 bridgehead atoms. The molecule has 1 rings (SSSR count). The van der Waals surface area contributed by atoms with E-state index in [1.807, 2.05) is 0 Å². The van der Waals surface area contributed by atoms with Crippen molar-refractivity contribution in [3.05, 3.63) is 0 Å². The molecular weight excluding hydrogens is 306 g/mol. The van der Waals surface area contributed by atoms with Gasteiger partial charge in [-0.2, -0.15) is 0 Å². The number of aliphatic hydroxyl groups is 4. The Hall–Kier alpha value is 0.0882. The molecule has 1 aliphatic rings. The zero-order valence-corrected chi connectivity index (χ0v) is 10.3. The van der Waals surface area contributed by atoms with E-state index in [0.717, 1.165) is 0 Å². The summed E-state index contributed by atoms with van der Waals surface area (Å²) in [5, 5.41) is 36.6. The fourth-order valence-corrected chi connectivity index (χ4v) is 1.51. The third-order valence-corrected chi connectivity index (χ3v) is 2.60. The molecule has 0 radical (unpaired) electrons. The van der Waals surface area contributed by atoms with Gasteiger partial charge in [0.15, 0.2) is 0 Å². The molecule has 1 fully saturated rings. The summed E-state index contributed by atoms with van der Waals surface area (Å²) in [6.07, 6.45) is -8.05. The Morgan fingerprint density at radius 1 is 1.14 bits per heavy atom. The number of rotatable bonds is 1. The second-order valence-electron chi connectivity index (χ2n) is 2.86. The topological polar surface area (TPSA) is 116 Å². The third kappa shape index (κ3) is 2.18. The predicted octanol–water partition coefficient (Wildman–Crippen LogP) is -4.12. The summed E-state index contributed by atoms with van der Waals surface area (Å²) in [5.74, 6) is -0.870. The first-order chi connectivity index (χ1) is 6.49. The predicted molar refractivity (Wildman–Crippen MR) is 43.5 cm³/mol. The zero-order chi connectivity index (χ0) is 10.9. The van der Waals surface area contributed by atoms with Gasteiger partial charge in [-0.05, 0) is 0 Å². The van der Waals surface area contributed by atoms with E-state index in [4.69, 9.17) is 10.2 Å². The van der Waals surface area contributed by atoms with Crippen LogP contribution in [0.5, 0.6) is 0 Å². The van der Waals surface area contributed by atoms with Crippen molar-refractivity contribution in [3.63, 3.8) is 0 Å². The molecule has 1 saturated heterocycles. The normalized spacial score (nSPS) is 43.4. The van der Waals surface area contributed by atoms with E-state index in [1.54, 1.807) is 0 Å². The number of carbonyl (C=O) groups is 1. The third-order valence-electron chi connectivity index (χ3n) is 1.94. The summed E-state index contributed by atoms with van der Waals surface area (Å²) < 4.78 is 8.97. The van der Waals surface area contributed by atoms with Gasteiger partial charge in [0.2, 0.25) is 0 Å². The quantitative estimate of drug-likeness (QED) is 0.363. The van der Waals surface area contributed by atoms with Crippen molar-refractivity contribution in [2.45, 2.75) is 30.7 Å². The number of hydrogen-bond donors (Lipinski definition) is 4. The van der Waals surface area contributed by atoms with Crippen molar-refractivity contribution < 1.29 is 33.0 Å². The van der Waals surface area contributed by atoms with Crippen molar-refractivity contribution in [1.29, 1.82) is 0 Å². The van der Waals surface area contributed by atoms with Crippen LogP contribution in [0.2, 0.25) is 0 Å². The van der Waals surface area contributed by atoms with Crippen molar-refractivity contribution in [2.24, 2.45) is 0 Å². The summed E-state index contributed by atoms with van der Waals surface area (Å²) in [4.78, 5) is 11.0. The van der Waals surface area contributed by atoms with E-state index in [-0.39, 0.29) is 23.4 Å². The van der Waals surface area contributed by atoms with E-state index >= 15 is 0 Å². The van der Waals surface area contributed by atoms with Crippen LogP contribution in [-0.4, -0.2) is 80.5 Å². The van der Waals surface area contributed by atoms with Crippen LogP contribution >= 0.6 is 0 Å². The minimum absolute atomic E-state index is 0.174. The van der Waals surface area contributed by atoms with Gasteiger partial charge in [0.1, 0.15) is 0 Å². The number of aliphatic hydroxyl groups excluding tert-OH is 4. The Bertz CT molecular complexity index is 222. The summed E-state index contributed by atoms with van der Waals surface area (Å²) >= 11 is 0.174. The Morgan fingerprint density at radius 3 is 2.21 bits per heavy atom. The molecule has 7 nitrogen and oxygen atoms in total. The van der Waals surface area contributed by atoms with Gasteiger partial charge in [-0.25, -0.2) is 0 Å². The fraction of sp³-hybridized carbons (Fsp3) is 0.833. The Labute approximate surface area is 93.3 Å². The van der Waals surface area contributed by atoms with Crippen LogP contribution in [0, 0.1) is 0 Å². The first kappa shape index (κ1) is 12.2. The van der Waals surface area contributed by atoms with Gasteiger partial charge in [0.05, 0.1) is 0 Å². The molecule has 14 heavy (non-hydrogen) atoms. The zero-order valence-electron chi connectivity index (χ0n) is 6.98. The van der Waals surface area contributed by atoms with Gasteiger partial charge in [-0.1, -0.05) is 0 Å². The van der Waals surface area contributed by atoms with Crippen LogP contribution in [0.15, 0.2) is 0 Å². The molecule has 1 aliphatic heterocycles. The molecule has 0 spiro atoms. The summed E-state index contributed by atoms with van der Waals surface area (Å²) in [6, 6.07) is 0. The molecule has 0 unspecified atom stereocenters. The second-order valence-corrected chi connectivity index (χ2v) is 3.53. The molecule has 0 aromatic carbocycles. The monoisotopic (exact) mass is 316 g/mol.